The van der Waals surface area contributed by atoms with Crippen molar-refractivity contribution in [3.8, 4) is 11.4 Å². The molecule has 0 spiro atoms. The van der Waals surface area contributed by atoms with Crippen LogP contribution in [0.4, 0.5) is 0 Å². The highest BCUT2D eigenvalue weighted by Crippen LogP contribution is 2.21. The second kappa shape index (κ2) is 4.55. The van der Waals surface area contributed by atoms with Crippen LogP contribution in [0.2, 0.25) is 0 Å². The Morgan fingerprint density at radius 1 is 0.889 bits per heavy atom. The summed E-state index contributed by atoms with van der Waals surface area (Å²) in [6.07, 6.45) is 3.55. The Labute approximate surface area is 105 Å². The van der Waals surface area contributed by atoms with E-state index in [4.69, 9.17) is 5.73 Å². The molecule has 0 unspecified atom stereocenters. The van der Waals surface area contributed by atoms with Gasteiger partial charge in [0.05, 0.1) is 0 Å². The van der Waals surface area contributed by atoms with Gasteiger partial charge in [-0.3, -0.25) is 0 Å². The molecule has 3 aromatic rings. The van der Waals surface area contributed by atoms with Gasteiger partial charge in [0.1, 0.15) is 0 Å². The first kappa shape index (κ1) is 10.9. The third kappa shape index (κ3) is 1.96. The van der Waals surface area contributed by atoms with Gasteiger partial charge in [0, 0.05) is 30.1 Å². The van der Waals surface area contributed by atoms with Crippen molar-refractivity contribution in [1.82, 2.24) is 9.97 Å². The van der Waals surface area contributed by atoms with Crippen LogP contribution in [-0.4, -0.2) is 9.97 Å². The Morgan fingerprint density at radius 3 is 2.33 bits per heavy atom. The van der Waals surface area contributed by atoms with Crippen LogP contribution in [0.3, 0.4) is 0 Å². The van der Waals surface area contributed by atoms with Crippen molar-refractivity contribution in [3.05, 3.63) is 60.4 Å². The van der Waals surface area contributed by atoms with Crippen LogP contribution in [0.1, 0.15) is 5.56 Å². The molecule has 0 aliphatic rings. The van der Waals surface area contributed by atoms with Gasteiger partial charge in [-0.25, -0.2) is 9.97 Å². The van der Waals surface area contributed by atoms with E-state index in [0.29, 0.717) is 6.54 Å². The summed E-state index contributed by atoms with van der Waals surface area (Å²) in [6, 6.07) is 14.5. The summed E-state index contributed by atoms with van der Waals surface area (Å²) in [5, 5.41) is 2.42. The van der Waals surface area contributed by atoms with Crippen LogP contribution in [-0.2, 0) is 6.54 Å². The predicted molar refractivity (Wildman–Crippen MR) is 72.9 cm³/mol. The predicted octanol–water partition coefficient (Wildman–Crippen LogP) is 2.76. The molecule has 0 radical (unpaired) electrons. The van der Waals surface area contributed by atoms with Crippen molar-refractivity contribution in [2.45, 2.75) is 6.54 Å². The first-order chi connectivity index (χ1) is 8.86. The molecule has 0 saturated heterocycles. The van der Waals surface area contributed by atoms with Gasteiger partial charge < -0.3 is 5.73 Å². The second-order valence-corrected chi connectivity index (χ2v) is 4.18. The van der Waals surface area contributed by atoms with E-state index in [1.807, 2.05) is 18.2 Å². The van der Waals surface area contributed by atoms with Gasteiger partial charge in [0.25, 0.3) is 0 Å². The third-order valence-corrected chi connectivity index (χ3v) is 2.95. The summed E-state index contributed by atoms with van der Waals surface area (Å²) >= 11 is 0. The van der Waals surface area contributed by atoms with Crippen molar-refractivity contribution in [2.75, 3.05) is 0 Å². The van der Waals surface area contributed by atoms with Crippen molar-refractivity contribution in [3.63, 3.8) is 0 Å². The first-order valence-electron chi connectivity index (χ1n) is 5.87. The van der Waals surface area contributed by atoms with Crippen molar-refractivity contribution in [2.24, 2.45) is 5.73 Å². The number of fused-ring (bicyclic) bond motifs is 1. The molecule has 0 atom stereocenters. The summed E-state index contributed by atoms with van der Waals surface area (Å²) in [5.74, 6) is 0.734. The van der Waals surface area contributed by atoms with Gasteiger partial charge in [-0.15, -0.1) is 0 Å². The Balaban J connectivity index is 2.07. The minimum Gasteiger partial charge on any atom is -0.326 e. The zero-order valence-electron chi connectivity index (χ0n) is 9.88. The average molecular weight is 235 g/mol. The maximum atomic E-state index is 5.53. The molecule has 0 bridgehead atoms. The maximum absolute atomic E-state index is 5.53. The van der Waals surface area contributed by atoms with E-state index in [9.17, 15) is 0 Å². The van der Waals surface area contributed by atoms with Crippen LogP contribution in [0, 0.1) is 0 Å². The molecule has 1 aromatic heterocycles. The number of benzene rings is 2. The fourth-order valence-electron chi connectivity index (χ4n) is 1.94. The quantitative estimate of drug-likeness (QED) is 0.743. The molecular formula is C15H13N3. The molecule has 0 saturated carbocycles. The second-order valence-electron chi connectivity index (χ2n) is 4.18. The van der Waals surface area contributed by atoms with Gasteiger partial charge in [-0.2, -0.15) is 0 Å². The van der Waals surface area contributed by atoms with Crippen molar-refractivity contribution in [1.29, 1.82) is 0 Å². The molecular weight excluding hydrogens is 222 g/mol. The topological polar surface area (TPSA) is 51.8 Å². The smallest absolute Gasteiger partial charge is 0.159 e. The van der Waals surface area contributed by atoms with Crippen LogP contribution >= 0.6 is 0 Å². The van der Waals surface area contributed by atoms with E-state index in [-0.39, 0.29) is 0 Å². The minimum atomic E-state index is 0.470. The zero-order chi connectivity index (χ0) is 12.4. The van der Waals surface area contributed by atoms with E-state index >= 15 is 0 Å². The molecule has 18 heavy (non-hydrogen) atoms. The normalized spacial score (nSPS) is 10.7. The lowest BCUT2D eigenvalue weighted by molar-refractivity contribution is 1.01. The molecule has 2 N–H and O–H groups in total. The number of rotatable bonds is 2. The molecule has 3 heteroatoms. The summed E-state index contributed by atoms with van der Waals surface area (Å²) in [5.41, 5.74) is 7.50. The molecule has 0 amide bonds. The molecule has 3 nitrogen and oxygen atoms in total. The molecule has 2 aromatic carbocycles. The Hall–Kier alpha value is -2.26. The summed E-state index contributed by atoms with van der Waals surface area (Å²) in [6.45, 7) is 0.470. The molecule has 0 aliphatic carbocycles. The highest BCUT2D eigenvalue weighted by molar-refractivity contribution is 5.86. The summed E-state index contributed by atoms with van der Waals surface area (Å²) < 4.78 is 0. The molecule has 0 fully saturated rings. The van der Waals surface area contributed by atoms with Gasteiger partial charge in [-0.05, 0) is 16.8 Å². The van der Waals surface area contributed by atoms with Gasteiger partial charge in [-0.1, -0.05) is 36.4 Å². The van der Waals surface area contributed by atoms with Crippen LogP contribution < -0.4 is 5.73 Å². The summed E-state index contributed by atoms with van der Waals surface area (Å²) in [7, 11) is 0. The van der Waals surface area contributed by atoms with Gasteiger partial charge >= 0.3 is 0 Å². The van der Waals surface area contributed by atoms with E-state index in [1.54, 1.807) is 12.4 Å². The SMILES string of the molecule is NCc1cnc(-c2ccc3ccccc3c2)nc1. The van der Waals surface area contributed by atoms with Crippen LogP contribution in [0.15, 0.2) is 54.9 Å². The van der Waals surface area contributed by atoms with E-state index in [0.717, 1.165) is 17.0 Å². The Kier molecular flexibility index (Phi) is 2.74. The first-order valence-corrected chi connectivity index (χ1v) is 5.87. The van der Waals surface area contributed by atoms with Crippen LogP contribution in [0.5, 0.6) is 0 Å². The van der Waals surface area contributed by atoms with Crippen molar-refractivity contribution >= 4 is 10.8 Å². The zero-order valence-corrected chi connectivity index (χ0v) is 9.88. The highest BCUT2D eigenvalue weighted by atomic mass is 14.9. The molecule has 0 aliphatic heterocycles. The molecule has 1 heterocycles. The fraction of sp³-hybridized carbons (Fsp3) is 0.0667. The van der Waals surface area contributed by atoms with E-state index < -0.39 is 0 Å². The van der Waals surface area contributed by atoms with Gasteiger partial charge in [0.2, 0.25) is 0 Å². The lowest BCUT2D eigenvalue weighted by atomic mass is 10.1. The lowest BCUT2D eigenvalue weighted by Gasteiger charge is -2.03. The number of nitrogens with two attached hydrogens (primary N) is 1. The number of aromatic nitrogens is 2. The summed E-state index contributed by atoms with van der Waals surface area (Å²) in [4.78, 5) is 8.67. The Morgan fingerprint density at radius 2 is 1.61 bits per heavy atom. The van der Waals surface area contributed by atoms with E-state index in [1.165, 1.54) is 10.8 Å². The van der Waals surface area contributed by atoms with E-state index in [2.05, 4.69) is 34.2 Å². The largest absolute Gasteiger partial charge is 0.326 e. The number of hydrogen-bond donors (Lipinski definition) is 1. The number of nitrogens with zero attached hydrogens (tertiary/aromatic N) is 2. The van der Waals surface area contributed by atoms with Crippen molar-refractivity contribution < 1.29 is 0 Å². The number of hydrogen-bond acceptors (Lipinski definition) is 3. The Bertz CT molecular complexity index is 675. The molecule has 88 valence electrons. The van der Waals surface area contributed by atoms with Crippen LogP contribution in [0.25, 0.3) is 22.2 Å². The lowest BCUT2D eigenvalue weighted by Crippen LogP contribution is -1.98. The standard InChI is InChI=1S/C15H13N3/c16-8-11-9-17-15(18-10-11)14-6-5-12-3-1-2-4-13(12)7-14/h1-7,9-10H,8,16H2. The maximum Gasteiger partial charge on any atom is 0.159 e. The van der Waals surface area contributed by atoms with Gasteiger partial charge in [0.15, 0.2) is 5.82 Å². The minimum absolute atomic E-state index is 0.470. The fourth-order valence-corrected chi connectivity index (χ4v) is 1.94. The molecule has 3 rings (SSSR count). The average Bonchev–Trinajstić information content (AvgIpc) is 2.47. The monoisotopic (exact) mass is 235 g/mol. The highest BCUT2D eigenvalue weighted by Gasteiger charge is 2.02. The third-order valence-electron chi connectivity index (χ3n) is 2.95.